The van der Waals surface area contributed by atoms with Crippen LogP contribution in [-0.4, -0.2) is 22.5 Å². The number of nitrogens with zero attached hydrogens (tertiary/aromatic N) is 1. The first kappa shape index (κ1) is 16.0. The molecule has 1 rings (SSSR count). The highest BCUT2D eigenvalue weighted by Gasteiger charge is 2.17. The molecule has 4 heteroatoms. The fourth-order valence-electron chi connectivity index (χ4n) is 1.50. The second-order valence-corrected chi connectivity index (χ2v) is 7.98. The predicted octanol–water partition coefficient (Wildman–Crippen LogP) is 4.06. The molecule has 1 aromatic rings. The van der Waals surface area contributed by atoms with Crippen LogP contribution in [0.4, 0.5) is 0 Å². The van der Waals surface area contributed by atoms with Crippen molar-refractivity contribution in [3.05, 3.63) is 16.1 Å². The molecule has 0 amide bonds. The van der Waals surface area contributed by atoms with Gasteiger partial charge >= 0.3 is 0 Å². The van der Waals surface area contributed by atoms with Gasteiger partial charge in [0.2, 0.25) is 0 Å². The summed E-state index contributed by atoms with van der Waals surface area (Å²) >= 11 is 3.78. The number of hydrogen-bond acceptors (Lipinski definition) is 4. The van der Waals surface area contributed by atoms with Crippen LogP contribution in [-0.2, 0) is 12.0 Å². The Kier molecular flexibility index (Phi) is 6.67. The molecule has 1 atom stereocenters. The Labute approximate surface area is 120 Å². The van der Waals surface area contributed by atoms with E-state index in [2.05, 4.69) is 45.3 Å². The molecule has 1 unspecified atom stereocenters. The molecule has 0 fully saturated rings. The minimum absolute atomic E-state index is 0.165. The van der Waals surface area contributed by atoms with Gasteiger partial charge in [0.25, 0.3) is 0 Å². The molecule has 0 aliphatic carbocycles. The fraction of sp³-hybridized carbons (Fsp3) is 0.786. The Balaban J connectivity index is 2.33. The summed E-state index contributed by atoms with van der Waals surface area (Å²) in [6, 6.07) is 0.575. The van der Waals surface area contributed by atoms with Crippen LogP contribution in [0.25, 0.3) is 0 Å². The van der Waals surface area contributed by atoms with Gasteiger partial charge in [0.05, 0.1) is 5.69 Å². The molecule has 18 heavy (non-hydrogen) atoms. The van der Waals surface area contributed by atoms with Gasteiger partial charge in [-0.3, -0.25) is 0 Å². The first-order valence-electron chi connectivity index (χ1n) is 6.69. The van der Waals surface area contributed by atoms with Crippen molar-refractivity contribution in [1.29, 1.82) is 0 Å². The zero-order valence-electron chi connectivity index (χ0n) is 12.2. The Morgan fingerprint density at radius 3 is 2.72 bits per heavy atom. The number of thiazole rings is 1. The van der Waals surface area contributed by atoms with Crippen molar-refractivity contribution >= 4 is 23.1 Å². The molecule has 1 N–H and O–H groups in total. The lowest BCUT2D eigenvalue weighted by molar-refractivity contribution is 0.530. The lowest BCUT2D eigenvalue weighted by Gasteiger charge is -2.14. The normalized spacial score (nSPS) is 13.8. The van der Waals surface area contributed by atoms with E-state index in [0.29, 0.717) is 6.04 Å². The second kappa shape index (κ2) is 7.51. The molecule has 0 saturated carbocycles. The van der Waals surface area contributed by atoms with E-state index >= 15 is 0 Å². The van der Waals surface area contributed by atoms with E-state index in [4.69, 9.17) is 4.98 Å². The van der Waals surface area contributed by atoms with Gasteiger partial charge < -0.3 is 5.32 Å². The number of nitrogens with one attached hydrogen (secondary N) is 1. The van der Waals surface area contributed by atoms with Crippen molar-refractivity contribution < 1.29 is 0 Å². The standard InChI is InChI=1S/C14H26N2S2/c1-6-17-8-7-11(2)15-9-13-16-12(10-18-13)14(3,4)5/h10-11,15H,6-9H2,1-5H3. The Hall–Kier alpha value is -0.0600. The van der Waals surface area contributed by atoms with Crippen molar-refractivity contribution in [3.8, 4) is 0 Å². The van der Waals surface area contributed by atoms with Gasteiger partial charge in [-0.25, -0.2) is 4.98 Å². The lowest BCUT2D eigenvalue weighted by atomic mass is 9.93. The zero-order chi connectivity index (χ0) is 13.6. The molecule has 0 aromatic carbocycles. The summed E-state index contributed by atoms with van der Waals surface area (Å²) in [6.07, 6.45) is 1.23. The highest BCUT2D eigenvalue weighted by molar-refractivity contribution is 7.99. The Morgan fingerprint density at radius 1 is 1.44 bits per heavy atom. The SMILES string of the molecule is CCSCCC(C)NCc1nc(C(C)(C)C)cs1. The highest BCUT2D eigenvalue weighted by atomic mass is 32.2. The average Bonchev–Trinajstić information content (AvgIpc) is 2.75. The molecule has 0 saturated heterocycles. The smallest absolute Gasteiger partial charge is 0.107 e. The fourth-order valence-corrected chi connectivity index (χ4v) is 3.29. The van der Waals surface area contributed by atoms with Crippen molar-refractivity contribution in [2.45, 2.75) is 59.0 Å². The average molecular weight is 287 g/mol. The predicted molar refractivity (Wildman–Crippen MR) is 84.7 cm³/mol. The highest BCUT2D eigenvalue weighted by Crippen LogP contribution is 2.23. The van der Waals surface area contributed by atoms with Crippen LogP contribution in [0.5, 0.6) is 0 Å². The summed E-state index contributed by atoms with van der Waals surface area (Å²) in [5.74, 6) is 2.46. The van der Waals surface area contributed by atoms with Crippen LogP contribution in [0.2, 0.25) is 0 Å². The summed E-state index contributed by atoms with van der Waals surface area (Å²) in [7, 11) is 0. The van der Waals surface area contributed by atoms with Gasteiger partial charge in [-0.15, -0.1) is 11.3 Å². The van der Waals surface area contributed by atoms with Crippen LogP contribution in [0, 0.1) is 0 Å². The molecule has 0 spiro atoms. The zero-order valence-corrected chi connectivity index (χ0v) is 13.9. The summed E-state index contributed by atoms with van der Waals surface area (Å²) in [5.41, 5.74) is 1.37. The molecule has 1 aromatic heterocycles. The number of rotatable bonds is 7. The van der Waals surface area contributed by atoms with Gasteiger partial charge in [-0.05, 0) is 24.9 Å². The third-order valence-corrected chi connectivity index (χ3v) is 4.60. The molecule has 2 nitrogen and oxygen atoms in total. The third kappa shape index (κ3) is 5.72. The van der Waals surface area contributed by atoms with E-state index < -0.39 is 0 Å². The summed E-state index contributed by atoms with van der Waals surface area (Å²) in [6.45, 7) is 12.0. The second-order valence-electron chi connectivity index (χ2n) is 5.64. The van der Waals surface area contributed by atoms with Crippen molar-refractivity contribution in [2.24, 2.45) is 0 Å². The summed E-state index contributed by atoms with van der Waals surface area (Å²) in [5, 5.41) is 6.95. The minimum atomic E-state index is 0.165. The minimum Gasteiger partial charge on any atom is -0.308 e. The van der Waals surface area contributed by atoms with Crippen molar-refractivity contribution in [2.75, 3.05) is 11.5 Å². The molecular formula is C14H26N2S2. The van der Waals surface area contributed by atoms with E-state index in [9.17, 15) is 0 Å². The largest absolute Gasteiger partial charge is 0.308 e. The lowest BCUT2D eigenvalue weighted by Crippen LogP contribution is -2.26. The maximum atomic E-state index is 4.70. The Morgan fingerprint density at radius 2 is 2.17 bits per heavy atom. The van der Waals surface area contributed by atoms with Gasteiger partial charge in [0, 0.05) is 23.4 Å². The molecule has 1 heterocycles. The first-order chi connectivity index (χ1) is 8.43. The number of hydrogen-bond donors (Lipinski definition) is 1. The van der Waals surface area contributed by atoms with E-state index in [1.54, 1.807) is 11.3 Å². The van der Waals surface area contributed by atoms with Gasteiger partial charge in [-0.2, -0.15) is 11.8 Å². The summed E-state index contributed by atoms with van der Waals surface area (Å²) < 4.78 is 0. The molecule has 0 aliphatic rings. The van der Waals surface area contributed by atoms with Gasteiger partial charge in [-0.1, -0.05) is 27.7 Å². The molecule has 104 valence electrons. The third-order valence-electron chi connectivity index (χ3n) is 2.82. The summed E-state index contributed by atoms with van der Waals surface area (Å²) in [4.78, 5) is 4.70. The maximum Gasteiger partial charge on any atom is 0.107 e. The number of thioether (sulfide) groups is 1. The van der Waals surface area contributed by atoms with Crippen molar-refractivity contribution in [3.63, 3.8) is 0 Å². The van der Waals surface area contributed by atoms with Crippen LogP contribution < -0.4 is 5.32 Å². The van der Waals surface area contributed by atoms with Crippen LogP contribution in [0.15, 0.2) is 5.38 Å². The topological polar surface area (TPSA) is 24.9 Å². The van der Waals surface area contributed by atoms with E-state index in [-0.39, 0.29) is 5.41 Å². The number of aromatic nitrogens is 1. The van der Waals surface area contributed by atoms with Crippen molar-refractivity contribution in [1.82, 2.24) is 10.3 Å². The maximum absolute atomic E-state index is 4.70. The first-order valence-corrected chi connectivity index (χ1v) is 8.73. The van der Waals surface area contributed by atoms with E-state index in [1.165, 1.54) is 28.6 Å². The molecule has 0 bridgehead atoms. The Bertz CT molecular complexity index is 342. The van der Waals surface area contributed by atoms with Crippen LogP contribution in [0.1, 0.15) is 51.7 Å². The van der Waals surface area contributed by atoms with Gasteiger partial charge in [0.1, 0.15) is 5.01 Å². The monoisotopic (exact) mass is 286 g/mol. The van der Waals surface area contributed by atoms with Gasteiger partial charge in [0.15, 0.2) is 0 Å². The van der Waals surface area contributed by atoms with E-state index in [1.807, 2.05) is 11.8 Å². The molecule has 0 radical (unpaired) electrons. The molecule has 0 aliphatic heterocycles. The molecular weight excluding hydrogens is 260 g/mol. The quantitative estimate of drug-likeness (QED) is 0.765. The van der Waals surface area contributed by atoms with Crippen LogP contribution >= 0.6 is 23.1 Å². The van der Waals surface area contributed by atoms with Crippen LogP contribution in [0.3, 0.4) is 0 Å². The van der Waals surface area contributed by atoms with E-state index in [0.717, 1.165) is 6.54 Å².